The SMILES string of the molecule is C=C(/C=C(\C=C(/COc1ccccc1)S(=O)(=O)NC1O[C@H](CO)[C@@H](O)[C@H](O)[C@H]1O)C(=O)OCOC(=O)C(C)(C)C)NCCCC. The number of benzene rings is 1. The smallest absolute Gasteiger partial charge is 0.341 e. The van der Waals surface area contributed by atoms with Crippen molar-refractivity contribution in [1.82, 2.24) is 10.0 Å². The van der Waals surface area contributed by atoms with Crippen molar-refractivity contribution in [1.29, 1.82) is 0 Å². The number of rotatable bonds is 16. The Labute approximate surface area is 263 Å². The highest BCUT2D eigenvalue weighted by Gasteiger charge is 2.45. The summed E-state index contributed by atoms with van der Waals surface area (Å²) < 4.78 is 50.5. The molecule has 1 aliphatic heterocycles. The summed E-state index contributed by atoms with van der Waals surface area (Å²) in [6, 6.07) is 8.19. The highest BCUT2D eigenvalue weighted by molar-refractivity contribution is 7.93. The number of ether oxygens (including phenoxy) is 4. The first-order valence-electron chi connectivity index (χ1n) is 14.3. The molecular weight excluding hydrogens is 612 g/mol. The van der Waals surface area contributed by atoms with Gasteiger partial charge in [-0.1, -0.05) is 38.1 Å². The first-order valence-corrected chi connectivity index (χ1v) is 15.8. The van der Waals surface area contributed by atoms with Gasteiger partial charge in [0.1, 0.15) is 36.8 Å². The third-order valence-corrected chi connectivity index (χ3v) is 7.86. The number of aliphatic hydroxyl groups excluding tert-OH is 4. The van der Waals surface area contributed by atoms with Crippen molar-refractivity contribution in [3.8, 4) is 5.75 Å². The highest BCUT2D eigenvalue weighted by atomic mass is 32.2. The van der Waals surface area contributed by atoms with Gasteiger partial charge >= 0.3 is 11.9 Å². The molecular formula is C30H44N2O12S. The minimum Gasteiger partial charge on any atom is -0.488 e. The molecule has 5 atom stereocenters. The highest BCUT2D eigenvalue weighted by Crippen LogP contribution is 2.23. The molecule has 14 nitrogen and oxygen atoms in total. The Morgan fingerprint density at radius 2 is 1.71 bits per heavy atom. The number of nitrogens with one attached hydrogen (secondary N) is 2. The minimum atomic E-state index is -4.69. The second kappa shape index (κ2) is 17.4. The Kier molecular flexibility index (Phi) is 14.6. The van der Waals surface area contributed by atoms with Crippen molar-refractivity contribution >= 4 is 22.0 Å². The number of esters is 2. The van der Waals surface area contributed by atoms with Gasteiger partial charge < -0.3 is 44.7 Å². The maximum Gasteiger partial charge on any atom is 0.341 e. The van der Waals surface area contributed by atoms with Crippen LogP contribution in [0.2, 0.25) is 0 Å². The van der Waals surface area contributed by atoms with Gasteiger partial charge in [0.2, 0.25) is 16.8 Å². The summed E-state index contributed by atoms with van der Waals surface area (Å²) in [4.78, 5) is 24.8. The molecule has 45 heavy (non-hydrogen) atoms. The van der Waals surface area contributed by atoms with E-state index in [1.54, 1.807) is 51.1 Å². The summed E-state index contributed by atoms with van der Waals surface area (Å²) in [5, 5.41) is 43.2. The lowest BCUT2D eigenvalue weighted by atomic mass is 9.98. The van der Waals surface area contributed by atoms with Crippen molar-refractivity contribution in [2.24, 2.45) is 5.41 Å². The topological polar surface area (TPSA) is 210 Å². The Morgan fingerprint density at radius 3 is 2.31 bits per heavy atom. The summed E-state index contributed by atoms with van der Waals surface area (Å²) >= 11 is 0. The van der Waals surface area contributed by atoms with Gasteiger partial charge in [0.25, 0.3) is 0 Å². The number of aliphatic hydroxyl groups is 4. The van der Waals surface area contributed by atoms with Gasteiger partial charge in [0.05, 0.1) is 22.5 Å². The maximum atomic E-state index is 13.7. The van der Waals surface area contributed by atoms with E-state index in [4.69, 9.17) is 18.9 Å². The number of carbonyl (C=O) groups is 2. The van der Waals surface area contributed by atoms with Crippen LogP contribution >= 0.6 is 0 Å². The molecule has 0 aromatic heterocycles. The summed E-state index contributed by atoms with van der Waals surface area (Å²) in [6.07, 6.45) is -4.81. The molecule has 15 heteroatoms. The maximum absolute atomic E-state index is 13.7. The Bertz CT molecular complexity index is 1310. The number of unbranched alkanes of at least 4 members (excludes halogenated alkanes) is 1. The Morgan fingerprint density at radius 1 is 1.04 bits per heavy atom. The van der Waals surface area contributed by atoms with Crippen LogP contribution in [0.4, 0.5) is 0 Å². The fraction of sp³-hybridized carbons (Fsp3) is 0.533. The second-order valence-corrected chi connectivity index (χ2v) is 13.0. The third-order valence-electron chi connectivity index (χ3n) is 6.39. The largest absolute Gasteiger partial charge is 0.488 e. The van der Waals surface area contributed by atoms with Crippen LogP contribution in [0.25, 0.3) is 0 Å². The van der Waals surface area contributed by atoms with Crippen molar-refractivity contribution in [2.75, 3.05) is 26.6 Å². The van der Waals surface area contributed by atoms with E-state index >= 15 is 0 Å². The second-order valence-electron chi connectivity index (χ2n) is 11.2. The van der Waals surface area contributed by atoms with E-state index in [-0.39, 0.29) is 11.3 Å². The molecule has 2 rings (SSSR count). The summed E-state index contributed by atoms with van der Waals surface area (Å²) in [6.45, 7) is 9.04. The number of sulfonamides is 1. The van der Waals surface area contributed by atoms with Gasteiger partial charge in [-0.2, -0.15) is 4.72 Å². The fourth-order valence-electron chi connectivity index (χ4n) is 3.73. The molecule has 0 aliphatic carbocycles. The van der Waals surface area contributed by atoms with Crippen LogP contribution < -0.4 is 14.8 Å². The van der Waals surface area contributed by atoms with Crippen LogP contribution in [0.1, 0.15) is 40.5 Å². The number of carbonyl (C=O) groups excluding carboxylic acids is 2. The van der Waals surface area contributed by atoms with Crippen LogP contribution in [-0.2, 0) is 33.8 Å². The average Bonchev–Trinajstić information content (AvgIpc) is 2.98. The normalized spacial score (nSPS) is 22.8. The van der Waals surface area contributed by atoms with E-state index in [1.165, 1.54) is 6.08 Å². The van der Waals surface area contributed by atoms with E-state index in [2.05, 4.69) is 16.6 Å². The quantitative estimate of drug-likeness (QED) is 0.0474. The van der Waals surface area contributed by atoms with Crippen molar-refractivity contribution in [3.05, 3.63) is 65.2 Å². The van der Waals surface area contributed by atoms with Crippen LogP contribution in [0.3, 0.4) is 0 Å². The number of allylic oxidation sites excluding steroid dienone is 1. The van der Waals surface area contributed by atoms with Crippen LogP contribution in [0.5, 0.6) is 5.75 Å². The summed E-state index contributed by atoms with van der Waals surface area (Å²) in [5.41, 5.74) is -0.934. The van der Waals surface area contributed by atoms with Gasteiger partial charge in [0, 0.05) is 12.2 Å². The van der Waals surface area contributed by atoms with Gasteiger partial charge in [-0.05, 0) is 51.5 Å². The first kappa shape index (κ1) is 37.9. The van der Waals surface area contributed by atoms with Crippen LogP contribution in [-0.4, -0.2) is 98.0 Å². The van der Waals surface area contributed by atoms with Gasteiger partial charge in [-0.25, -0.2) is 13.2 Å². The Hall–Kier alpha value is -3.31. The van der Waals surface area contributed by atoms with E-state index in [0.717, 1.165) is 18.9 Å². The van der Waals surface area contributed by atoms with E-state index in [0.29, 0.717) is 12.3 Å². The number of hydrogen-bond acceptors (Lipinski definition) is 13. The molecule has 0 saturated carbocycles. The van der Waals surface area contributed by atoms with E-state index in [1.807, 2.05) is 6.92 Å². The fourth-order valence-corrected chi connectivity index (χ4v) is 4.88. The van der Waals surface area contributed by atoms with Gasteiger partial charge in [0.15, 0.2) is 6.23 Å². The van der Waals surface area contributed by atoms with E-state index in [9.17, 15) is 38.4 Å². The predicted octanol–water partition coefficient (Wildman–Crippen LogP) is 0.588. The molecule has 1 unspecified atom stereocenters. The van der Waals surface area contributed by atoms with Gasteiger partial charge in [-0.15, -0.1) is 0 Å². The average molecular weight is 657 g/mol. The molecule has 6 N–H and O–H groups in total. The molecule has 1 aromatic rings. The standard InChI is InChI=1S/C30H44N2O12S/c1-6-7-13-31-19(2)14-20(28(37)42-18-43-29(38)30(3,4)5)15-22(17-41-21-11-9-8-10-12-21)45(39,40)32-27-26(36)25(35)24(34)23(16-33)44-27/h8-12,14-15,23-27,31-36H,2,6-7,13,16-18H2,1,3-5H3/b20-14+,22-15+/t23-,24-,25+,26-,27?/m1/s1. The molecule has 1 fully saturated rings. The van der Waals surface area contributed by atoms with Crippen molar-refractivity contribution in [3.63, 3.8) is 0 Å². The lowest BCUT2D eigenvalue weighted by Crippen LogP contribution is -2.63. The molecule has 0 bridgehead atoms. The number of hydrogen-bond donors (Lipinski definition) is 6. The molecule has 0 radical (unpaired) electrons. The zero-order chi connectivity index (χ0) is 33.8. The summed E-state index contributed by atoms with van der Waals surface area (Å²) in [7, 11) is -4.69. The predicted molar refractivity (Wildman–Crippen MR) is 162 cm³/mol. The van der Waals surface area contributed by atoms with Crippen molar-refractivity contribution in [2.45, 2.75) is 71.2 Å². The minimum absolute atomic E-state index is 0.251. The summed E-state index contributed by atoms with van der Waals surface area (Å²) in [5.74, 6) is -1.40. The monoisotopic (exact) mass is 656 g/mol. The molecule has 252 valence electrons. The zero-order valence-electron chi connectivity index (χ0n) is 25.8. The lowest BCUT2D eigenvalue weighted by Gasteiger charge is -2.40. The number of para-hydroxylation sites is 1. The third kappa shape index (κ3) is 11.9. The first-order chi connectivity index (χ1) is 21.1. The molecule has 0 spiro atoms. The van der Waals surface area contributed by atoms with Crippen molar-refractivity contribution < 1.29 is 57.4 Å². The van der Waals surface area contributed by atoms with E-state index < -0.39 is 82.9 Å². The van der Waals surface area contributed by atoms with Crippen LogP contribution in [0.15, 0.2) is 65.2 Å². The lowest BCUT2D eigenvalue weighted by molar-refractivity contribution is -0.231. The molecule has 1 heterocycles. The molecule has 0 amide bonds. The van der Waals surface area contributed by atoms with Gasteiger partial charge in [-0.3, -0.25) is 4.79 Å². The molecule has 1 aromatic carbocycles. The zero-order valence-corrected chi connectivity index (χ0v) is 26.7. The van der Waals surface area contributed by atoms with Crippen LogP contribution in [0, 0.1) is 5.41 Å². The Balaban J connectivity index is 2.48. The molecule has 1 aliphatic rings. The molecule has 1 saturated heterocycles.